The summed E-state index contributed by atoms with van der Waals surface area (Å²) in [7, 11) is 0. The fraction of sp³-hybridized carbons (Fsp3) is 0. The molecule has 16 nitrogen and oxygen atoms in total. The predicted octanol–water partition coefficient (Wildman–Crippen LogP) is -3.59. The van der Waals surface area contributed by atoms with Crippen molar-refractivity contribution < 1.29 is 117 Å². The molecule has 0 spiro atoms. The minimum Gasteiger partial charge on any atom is -0.218 e. The third kappa shape index (κ3) is 34.1. The number of aromatic nitrogens is 2. The predicted molar refractivity (Wildman–Crippen MR) is 58.1 cm³/mol. The van der Waals surface area contributed by atoms with Crippen LogP contribution in [0.1, 0.15) is 0 Å². The Morgan fingerprint density at radius 2 is 0.800 bits per heavy atom. The average Bonchev–Trinajstić information content (AvgIpc) is 2.53. The number of hydrogen-bond donors (Lipinski definition) is 2. The van der Waals surface area contributed by atoms with Crippen LogP contribution in [-0.4, -0.2) is 8.32 Å². The second-order valence-corrected chi connectivity index (χ2v) is 11.4. The number of aromatic amines is 2. The first-order chi connectivity index (χ1) is 13.4. The molecular weight excluding hydrogens is 580 g/mol. The van der Waals surface area contributed by atoms with Crippen LogP contribution < -0.4 is 18.3 Å². The van der Waals surface area contributed by atoms with Gasteiger partial charge in [-0.15, -0.1) is 0 Å². The van der Waals surface area contributed by atoms with Crippen molar-refractivity contribution in [2.75, 3.05) is 0 Å². The molecule has 0 bridgehead atoms. The number of nitrogens with one attached hydrogen (secondary N) is 2. The Kier molecular flexibility index (Phi) is 14.9. The summed E-state index contributed by atoms with van der Waals surface area (Å²) in [6.45, 7) is 0. The summed E-state index contributed by atoms with van der Waals surface area (Å²) in [4.78, 5) is 5.78. The summed E-state index contributed by atoms with van der Waals surface area (Å²) in [6, 6.07) is 11.7. The van der Waals surface area contributed by atoms with E-state index in [1.807, 2.05) is 61.2 Å². The normalized spacial score (nSPS) is 11.3. The van der Waals surface area contributed by atoms with E-state index in [0.717, 1.165) is 0 Å². The van der Waals surface area contributed by atoms with Crippen LogP contribution in [0.25, 0.3) is 0 Å². The van der Waals surface area contributed by atoms with Gasteiger partial charge in [-0.25, -0.2) is 9.97 Å². The van der Waals surface area contributed by atoms with Gasteiger partial charge in [0.05, 0.1) is 0 Å². The van der Waals surface area contributed by atoms with Crippen LogP contribution in [0.5, 0.6) is 0 Å². The Bertz CT molecular complexity index is 911. The van der Waals surface area contributed by atoms with Gasteiger partial charge in [-0.2, -0.15) is 0 Å². The maximum Gasteiger partial charge on any atom is 0.166 e. The molecule has 30 heavy (non-hydrogen) atoms. The molecule has 2 aromatic rings. The smallest absolute Gasteiger partial charge is 0.166 e. The van der Waals surface area contributed by atoms with Crippen LogP contribution in [0.3, 0.4) is 0 Å². The Balaban J connectivity index is 0. The van der Waals surface area contributed by atoms with E-state index in [9.17, 15) is 38.7 Å². The second kappa shape index (κ2) is 14.6. The summed E-state index contributed by atoms with van der Waals surface area (Å²) >= 11 is -23.7. The first kappa shape index (κ1) is 30.8. The molecule has 4 N–H and O–H groups in total. The molecular formula is C10H14Cr4N2O14. The van der Waals surface area contributed by atoms with Crippen LogP contribution >= 0.6 is 0 Å². The van der Waals surface area contributed by atoms with Crippen molar-refractivity contribution in [1.29, 1.82) is 0 Å². The Labute approximate surface area is 177 Å². The largest absolute Gasteiger partial charge is 0.218 e. The van der Waals surface area contributed by atoms with Crippen molar-refractivity contribution in [2.24, 2.45) is 0 Å². The summed E-state index contributed by atoms with van der Waals surface area (Å²) in [5, 5.41) is 0. The Morgan fingerprint density at radius 1 is 0.533 bits per heavy atom. The molecule has 0 aliphatic carbocycles. The Hall–Kier alpha value is -1.41. The molecule has 0 aliphatic rings. The van der Waals surface area contributed by atoms with Crippen molar-refractivity contribution in [3.8, 4) is 0 Å². The first-order valence-corrected chi connectivity index (χ1v) is 14.9. The van der Waals surface area contributed by atoms with Gasteiger partial charge in [-0.3, -0.25) is 0 Å². The van der Waals surface area contributed by atoms with Gasteiger partial charge in [-0.1, -0.05) is 12.1 Å². The second-order valence-electron chi connectivity index (χ2n) is 3.96. The van der Waals surface area contributed by atoms with Gasteiger partial charge < -0.3 is 0 Å². The van der Waals surface area contributed by atoms with Crippen molar-refractivity contribution in [1.82, 2.24) is 0 Å². The molecule has 0 amide bonds. The molecule has 0 aromatic carbocycles. The molecule has 0 unspecified atom stereocenters. The van der Waals surface area contributed by atoms with Gasteiger partial charge in [0.25, 0.3) is 0 Å². The molecule has 0 fully saturated rings. The van der Waals surface area contributed by atoms with Gasteiger partial charge in [-0.05, 0) is 0 Å². The standard InChI is InChI=1S/2C5H5N.4Cr.2H2O.12O/c2*1-2-4-6-5-3-1;;;;;;;;;;;;;;;;;;/h2*1-5H;;;;;2*1H2;;;;;;;;;;;;/q;;;;2*+1;;;;;;;;;;;;;2*-1. The summed E-state index contributed by atoms with van der Waals surface area (Å²) in [6.07, 6.45) is 7.50. The van der Waals surface area contributed by atoms with Crippen molar-refractivity contribution in [3.05, 3.63) is 61.2 Å². The third-order valence-electron chi connectivity index (χ3n) is 1.55. The van der Waals surface area contributed by atoms with Crippen LogP contribution in [0.4, 0.5) is 0 Å². The number of pyridine rings is 2. The van der Waals surface area contributed by atoms with E-state index in [2.05, 4.69) is 15.6 Å². The zero-order chi connectivity index (χ0) is 23.9. The minimum absolute atomic E-state index is 1.88. The monoisotopic (exact) mass is 594 g/mol. The maximum atomic E-state index is 9.53. The summed E-state index contributed by atoms with van der Waals surface area (Å²) in [5.74, 6) is 0. The minimum atomic E-state index is -6.07. The zero-order valence-corrected chi connectivity index (χ0v) is 19.3. The molecule has 172 valence electrons. The first-order valence-electron chi connectivity index (χ1n) is 6.52. The van der Waals surface area contributed by atoms with Crippen molar-refractivity contribution >= 4 is 0 Å². The van der Waals surface area contributed by atoms with E-state index in [1.165, 1.54) is 0 Å². The number of rotatable bonds is 4. The van der Waals surface area contributed by atoms with E-state index in [4.69, 9.17) is 8.32 Å². The number of hydrogen-bond acceptors (Lipinski definition) is 12. The molecule has 0 saturated carbocycles. The molecule has 2 heterocycles. The third-order valence-corrected chi connectivity index (χ3v) is 6.97. The van der Waals surface area contributed by atoms with Gasteiger partial charge in [0.2, 0.25) is 0 Å². The van der Waals surface area contributed by atoms with Crippen LogP contribution in [0.15, 0.2) is 61.2 Å². The van der Waals surface area contributed by atoms with E-state index in [0.29, 0.717) is 0 Å². The van der Waals surface area contributed by atoms with Gasteiger partial charge in [0.1, 0.15) is 0 Å². The van der Waals surface area contributed by atoms with Crippen LogP contribution in [-0.2, 0) is 90.6 Å². The quantitative estimate of drug-likeness (QED) is 0.346. The maximum absolute atomic E-state index is 9.53. The molecule has 2 rings (SSSR count). The Morgan fingerprint density at radius 3 is 0.833 bits per heavy atom. The van der Waals surface area contributed by atoms with E-state index < -0.39 is 54.5 Å². The zero-order valence-electron chi connectivity index (χ0n) is 14.2. The topological polar surface area (TPSA) is 270 Å². The summed E-state index contributed by atoms with van der Waals surface area (Å²) in [5.41, 5.74) is 0. The molecule has 0 saturated heterocycles. The summed E-state index contributed by atoms with van der Waals surface area (Å²) < 4.78 is 115. The molecule has 0 atom stereocenters. The number of H-pyrrole nitrogens is 2. The average molecular weight is 594 g/mol. The molecule has 0 aliphatic heterocycles. The molecule has 20 heteroatoms. The SMILES string of the molecule is [O]=[Cr](=[O])([O-])[O][Cr](=[O])(=[O])[O-].[O]=[Cr](=[O])([OH])[O][Cr](=[O])(=[O])[OH].c1cc[nH+]cc1.c1cc[nH+]cc1. The van der Waals surface area contributed by atoms with Gasteiger partial charge >= 0.3 is 107 Å². The van der Waals surface area contributed by atoms with E-state index in [-0.39, 0.29) is 0 Å². The van der Waals surface area contributed by atoms with Crippen LogP contribution in [0, 0.1) is 0 Å². The van der Waals surface area contributed by atoms with E-state index in [1.54, 1.807) is 0 Å². The molecule has 0 radical (unpaired) electrons. The van der Waals surface area contributed by atoms with Crippen molar-refractivity contribution in [2.45, 2.75) is 0 Å². The van der Waals surface area contributed by atoms with Crippen LogP contribution in [0.2, 0.25) is 0 Å². The molecule has 2 aromatic heterocycles. The van der Waals surface area contributed by atoms with Gasteiger partial charge in [0, 0.05) is 24.3 Å². The fourth-order valence-corrected chi connectivity index (χ4v) is 4.27. The van der Waals surface area contributed by atoms with Gasteiger partial charge in [0.15, 0.2) is 24.8 Å². The van der Waals surface area contributed by atoms with Crippen molar-refractivity contribution in [3.63, 3.8) is 0 Å². The fourth-order valence-electron chi connectivity index (χ4n) is 0.895. The van der Waals surface area contributed by atoms with E-state index >= 15 is 0 Å².